The molecular formula is C3H10MgO4S. The van der Waals surface area contributed by atoms with E-state index in [4.69, 9.17) is 9.66 Å². The molecule has 0 aliphatic carbocycles. The number of hydrogen-bond acceptors (Lipinski definition) is 3. The van der Waals surface area contributed by atoms with Crippen LogP contribution in [0.1, 0.15) is 16.2 Å². The molecule has 9 heavy (non-hydrogen) atoms. The van der Waals surface area contributed by atoms with Crippen LogP contribution in [0.3, 0.4) is 0 Å². The van der Waals surface area contributed by atoms with Crippen molar-refractivity contribution in [3.8, 4) is 0 Å². The van der Waals surface area contributed by atoms with E-state index in [9.17, 15) is 8.42 Å². The largest absolute Gasteiger partial charge is 2.00 e. The molecule has 0 radical (unpaired) electrons. The fourth-order valence-electron chi connectivity index (χ4n) is 0.211. The van der Waals surface area contributed by atoms with Crippen LogP contribution in [0.5, 0.6) is 0 Å². The molecule has 6 heteroatoms. The van der Waals surface area contributed by atoms with Gasteiger partial charge in [-0.2, -0.15) is 8.42 Å². The third-order valence-corrected chi connectivity index (χ3v) is 1.71. The minimum atomic E-state index is -4.20. The molecule has 0 amide bonds. The molecule has 0 aromatic heterocycles. The summed E-state index contributed by atoms with van der Waals surface area (Å²) in [7, 11) is -4.20. The summed E-state index contributed by atoms with van der Waals surface area (Å²) in [5.41, 5.74) is -1.62. The second-order valence-electron chi connectivity index (χ2n) is 1.38. The van der Waals surface area contributed by atoms with Gasteiger partial charge in [0.15, 0.2) is 5.44 Å². The van der Waals surface area contributed by atoms with Gasteiger partial charge in [-0.3, -0.25) is 4.55 Å². The molecule has 0 aliphatic heterocycles. The number of aliphatic hydroxyl groups excluding tert-OH is 1. The van der Waals surface area contributed by atoms with Crippen molar-refractivity contribution in [2.45, 2.75) is 18.8 Å². The van der Waals surface area contributed by atoms with Crippen molar-refractivity contribution < 1.29 is 20.9 Å². The Bertz CT molecular complexity index is 159. The Balaban J connectivity index is -0.0000000817. The molecular weight excluding hydrogens is 156 g/mol. The van der Waals surface area contributed by atoms with E-state index < -0.39 is 15.6 Å². The van der Waals surface area contributed by atoms with Gasteiger partial charge in [0, 0.05) is 0 Å². The maximum atomic E-state index is 9.87. The monoisotopic (exact) mass is 166 g/mol. The van der Waals surface area contributed by atoms with Gasteiger partial charge < -0.3 is 7.96 Å². The fraction of sp³-hybridized carbons (Fsp3) is 1.00. The second kappa shape index (κ2) is 4.45. The van der Waals surface area contributed by atoms with Crippen molar-refractivity contribution in [1.82, 2.24) is 0 Å². The van der Waals surface area contributed by atoms with Crippen LogP contribution < -0.4 is 0 Å². The van der Waals surface area contributed by atoms with Crippen molar-refractivity contribution >= 4 is 33.2 Å². The quantitative estimate of drug-likeness (QED) is 0.426. The van der Waals surface area contributed by atoms with Crippen LogP contribution in [-0.2, 0) is 10.1 Å². The van der Waals surface area contributed by atoms with E-state index >= 15 is 0 Å². The average Bonchev–Trinajstić information content (AvgIpc) is 1.62. The number of aliphatic hydroxyl groups is 1. The predicted octanol–water partition coefficient (Wildman–Crippen LogP) is -0.553. The molecule has 2 N–H and O–H groups in total. The molecule has 0 saturated heterocycles. The van der Waals surface area contributed by atoms with Gasteiger partial charge in [-0.25, -0.2) is 0 Å². The van der Waals surface area contributed by atoms with Crippen LogP contribution in [0.15, 0.2) is 0 Å². The molecule has 0 aromatic rings. The molecule has 0 saturated carbocycles. The Morgan fingerprint density at radius 1 is 1.67 bits per heavy atom. The first-order valence-electron chi connectivity index (χ1n) is 2.13. The van der Waals surface area contributed by atoms with Crippen LogP contribution in [0.25, 0.3) is 0 Å². The Morgan fingerprint density at radius 2 is 2.00 bits per heavy atom. The molecule has 1 unspecified atom stereocenters. The van der Waals surface area contributed by atoms with E-state index in [1.165, 1.54) is 6.92 Å². The summed E-state index contributed by atoms with van der Waals surface area (Å²) in [5, 5.41) is 8.36. The Labute approximate surface area is 73.1 Å². The van der Waals surface area contributed by atoms with E-state index in [-0.39, 0.29) is 32.3 Å². The van der Waals surface area contributed by atoms with Gasteiger partial charge in [0.1, 0.15) is 0 Å². The smallest absolute Gasteiger partial charge is 1.00 e. The molecule has 4 nitrogen and oxygen atoms in total. The first-order valence-corrected chi connectivity index (χ1v) is 3.63. The maximum Gasteiger partial charge on any atom is 2.00 e. The van der Waals surface area contributed by atoms with Crippen LogP contribution in [0, 0.1) is 0 Å². The zero-order valence-corrected chi connectivity index (χ0v) is 7.34. The zero-order chi connectivity index (χ0) is 6.78. The van der Waals surface area contributed by atoms with Gasteiger partial charge in [0.05, 0.1) is 0 Å². The van der Waals surface area contributed by atoms with Gasteiger partial charge >= 0.3 is 23.1 Å². The van der Waals surface area contributed by atoms with Crippen LogP contribution in [-0.4, -0.2) is 46.6 Å². The topological polar surface area (TPSA) is 74.6 Å². The first kappa shape index (κ1) is 12.3. The number of hydrogen-bond donors (Lipinski definition) is 2. The normalized spacial score (nSPS) is 14.1. The van der Waals surface area contributed by atoms with Crippen molar-refractivity contribution in [1.29, 1.82) is 0 Å². The Kier molecular flexibility index (Phi) is 6.10. The summed E-state index contributed by atoms with van der Waals surface area (Å²) in [4.78, 5) is 0. The molecule has 0 spiro atoms. The van der Waals surface area contributed by atoms with Crippen LogP contribution in [0.2, 0.25) is 0 Å². The molecule has 0 aliphatic rings. The van der Waals surface area contributed by atoms with Gasteiger partial charge in [-0.1, -0.05) is 6.92 Å². The van der Waals surface area contributed by atoms with Crippen LogP contribution >= 0.6 is 0 Å². The predicted molar refractivity (Wildman–Crippen MR) is 35.8 cm³/mol. The molecule has 0 aromatic carbocycles. The van der Waals surface area contributed by atoms with Crippen molar-refractivity contribution in [3.05, 3.63) is 0 Å². The van der Waals surface area contributed by atoms with E-state index in [0.29, 0.717) is 0 Å². The minimum Gasteiger partial charge on any atom is -1.00 e. The van der Waals surface area contributed by atoms with E-state index in [2.05, 4.69) is 0 Å². The summed E-state index contributed by atoms with van der Waals surface area (Å²) in [6.45, 7) is 1.46. The fourth-order valence-corrected chi connectivity index (χ4v) is 0.632. The molecule has 1 atom stereocenters. The summed E-state index contributed by atoms with van der Waals surface area (Å²) >= 11 is 0. The zero-order valence-electron chi connectivity index (χ0n) is 7.11. The Morgan fingerprint density at radius 3 is 2.00 bits per heavy atom. The number of rotatable bonds is 2. The maximum absolute atomic E-state index is 9.87. The van der Waals surface area contributed by atoms with Gasteiger partial charge in [0.25, 0.3) is 10.1 Å². The molecule has 0 rings (SSSR count). The average molecular weight is 166 g/mol. The molecule has 54 valence electrons. The second-order valence-corrected chi connectivity index (χ2v) is 2.95. The third-order valence-electron chi connectivity index (χ3n) is 0.693. The van der Waals surface area contributed by atoms with E-state index in [1.54, 1.807) is 0 Å². The van der Waals surface area contributed by atoms with Gasteiger partial charge in [-0.15, -0.1) is 0 Å². The van der Waals surface area contributed by atoms with Crippen molar-refractivity contribution in [2.75, 3.05) is 0 Å². The van der Waals surface area contributed by atoms with Gasteiger partial charge in [-0.05, 0) is 6.42 Å². The summed E-state index contributed by atoms with van der Waals surface area (Å²) < 4.78 is 27.7. The SMILES string of the molecule is CCC(O)S(=O)(=O)O.[H-].[H-].[Mg+2]. The molecule has 0 heterocycles. The van der Waals surface area contributed by atoms with E-state index in [1.807, 2.05) is 0 Å². The summed E-state index contributed by atoms with van der Waals surface area (Å²) in [6, 6.07) is 0. The molecule has 0 bridgehead atoms. The Hall–Kier alpha value is 0.636. The van der Waals surface area contributed by atoms with E-state index in [0.717, 1.165) is 0 Å². The van der Waals surface area contributed by atoms with Crippen molar-refractivity contribution in [3.63, 3.8) is 0 Å². The van der Waals surface area contributed by atoms with Crippen LogP contribution in [0.4, 0.5) is 0 Å². The third kappa shape index (κ3) is 5.10. The first-order chi connectivity index (χ1) is 3.48. The minimum absolute atomic E-state index is 0. The summed E-state index contributed by atoms with van der Waals surface area (Å²) in [6.07, 6.45) is 0.0127. The van der Waals surface area contributed by atoms with Gasteiger partial charge in [0.2, 0.25) is 0 Å². The summed E-state index contributed by atoms with van der Waals surface area (Å²) in [5.74, 6) is 0. The van der Waals surface area contributed by atoms with Crippen molar-refractivity contribution in [2.24, 2.45) is 0 Å². The standard InChI is InChI=1S/C3H8O4S.Mg.2H/c1-2-3(4)8(5,6)7;;;/h3-4H,2H2,1H3,(H,5,6,7);;;/q;+2;2*-1. The molecule has 0 fully saturated rings.